The number of carbonyl (C=O) groups is 1. The quantitative estimate of drug-likeness (QED) is 0.899. The van der Waals surface area contributed by atoms with Crippen molar-refractivity contribution in [3.05, 3.63) is 33.5 Å². The molecular weight excluding hydrogens is 310 g/mol. The summed E-state index contributed by atoms with van der Waals surface area (Å²) in [6, 6.07) is 0.219. The summed E-state index contributed by atoms with van der Waals surface area (Å²) in [5.41, 5.74) is 1.45. The molecular formula is C16H23N5OS. The molecule has 1 amide bonds. The molecule has 3 heterocycles. The van der Waals surface area contributed by atoms with E-state index >= 15 is 0 Å². The number of rotatable bonds is 4. The van der Waals surface area contributed by atoms with E-state index < -0.39 is 0 Å². The Morgan fingerprint density at radius 3 is 2.91 bits per heavy atom. The predicted octanol–water partition coefficient (Wildman–Crippen LogP) is 2.12. The van der Waals surface area contributed by atoms with E-state index in [-0.39, 0.29) is 11.9 Å². The minimum Gasteiger partial charge on any atom is -0.349 e. The number of aromatic nitrogens is 3. The van der Waals surface area contributed by atoms with Crippen LogP contribution in [-0.4, -0.2) is 45.1 Å². The first kappa shape index (κ1) is 16.1. The van der Waals surface area contributed by atoms with E-state index in [0.29, 0.717) is 11.5 Å². The number of amides is 1. The third-order valence-corrected chi connectivity index (χ3v) is 5.33. The number of H-pyrrole nitrogens is 1. The number of aryl methyl sites for hydroxylation is 2. The van der Waals surface area contributed by atoms with Crippen LogP contribution in [0.25, 0.3) is 0 Å². The van der Waals surface area contributed by atoms with Crippen LogP contribution in [0.15, 0.2) is 12.4 Å². The summed E-state index contributed by atoms with van der Waals surface area (Å²) in [5.74, 6) is 0.397. The lowest BCUT2D eigenvalue weighted by molar-refractivity contribution is 0.0861. The molecule has 124 valence electrons. The minimum absolute atomic E-state index is 0.0281. The molecule has 0 aromatic carbocycles. The van der Waals surface area contributed by atoms with Gasteiger partial charge in [0.05, 0.1) is 16.8 Å². The van der Waals surface area contributed by atoms with Crippen LogP contribution < -0.4 is 5.32 Å². The zero-order valence-corrected chi connectivity index (χ0v) is 14.6. The Labute approximate surface area is 140 Å². The molecule has 0 aliphatic carbocycles. The average molecular weight is 333 g/mol. The Balaban J connectivity index is 1.54. The van der Waals surface area contributed by atoms with Gasteiger partial charge in [-0.2, -0.15) is 5.10 Å². The standard InChI is InChI=1S/C16H23N5OS/c1-10-8-21(9-13-6-17-12(3)23-13)5-4-15(10)19-16(22)14-7-18-20-11(14)2/h6-7,10,15H,4-5,8-9H2,1-3H3,(H,18,20)(H,19,22)/t10-,15+/m1/s1. The molecule has 6 nitrogen and oxygen atoms in total. The van der Waals surface area contributed by atoms with Gasteiger partial charge in [-0.25, -0.2) is 4.98 Å². The third-order valence-electron chi connectivity index (χ3n) is 4.43. The lowest BCUT2D eigenvalue weighted by Gasteiger charge is -2.37. The zero-order chi connectivity index (χ0) is 16.4. The van der Waals surface area contributed by atoms with Gasteiger partial charge in [-0.1, -0.05) is 6.92 Å². The van der Waals surface area contributed by atoms with Gasteiger partial charge in [-0.15, -0.1) is 11.3 Å². The van der Waals surface area contributed by atoms with Crippen molar-refractivity contribution in [3.63, 3.8) is 0 Å². The molecule has 2 aromatic rings. The first-order valence-corrected chi connectivity index (χ1v) is 8.79. The van der Waals surface area contributed by atoms with Gasteiger partial charge < -0.3 is 5.32 Å². The minimum atomic E-state index is -0.0281. The number of likely N-dealkylation sites (tertiary alicyclic amines) is 1. The van der Waals surface area contributed by atoms with Crippen molar-refractivity contribution in [2.45, 2.75) is 39.8 Å². The molecule has 0 saturated carbocycles. The highest BCUT2D eigenvalue weighted by Gasteiger charge is 2.28. The number of nitrogens with zero attached hydrogens (tertiary/aromatic N) is 3. The molecule has 1 saturated heterocycles. The van der Waals surface area contributed by atoms with Crippen LogP contribution >= 0.6 is 11.3 Å². The van der Waals surface area contributed by atoms with Crippen molar-refractivity contribution in [2.75, 3.05) is 13.1 Å². The van der Waals surface area contributed by atoms with Crippen LogP contribution in [0.2, 0.25) is 0 Å². The molecule has 0 radical (unpaired) electrons. The highest BCUT2D eigenvalue weighted by Crippen LogP contribution is 2.21. The highest BCUT2D eigenvalue weighted by atomic mass is 32.1. The van der Waals surface area contributed by atoms with Crippen molar-refractivity contribution >= 4 is 17.2 Å². The number of nitrogens with one attached hydrogen (secondary N) is 2. The van der Waals surface area contributed by atoms with Crippen LogP contribution in [0.1, 0.15) is 39.3 Å². The maximum Gasteiger partial charge on any atom is 0.254 e. The molecule has 0 bridgehead atoms. The van der Waals surface area contributed by atoms with Crippen LogP contribution in [0, 0.1) is 19.8 Å². The molecule has 2 atom stereocenters. The Kier molecular flexibility index (Phi) is 4.77. The van der Waals surface area contributed by atoms with Gasteiger partial charge in [0.15, 0.2) is 0 Å². The summed E-state index contributed by atoms with van der Waals surface area (Å²) in [7, 11) is 0. The number of hydrogen-bond acceptors (Lipinski definition) is 5. The van der Waals surface area contributed by atoms with E-state index in [0.717, 1.165) is 36.8 Å². The smallest absolute Gasteiger partial charge is 0.254 e. The van der Waals surface area contributed by atoms with Crippen LogP contribution in [-0.2, 0) is 6.54 Å². The van der Waals surface area contributed by atoms with E-state index in [1.807, 2.05) is 20.0 Å². The average Bonchev–Trinajstić information content (AvgIpc) is 3.10. The normalized spacial score (nSPS) is 22.2. The lowest BCUT2D eigenvalue weighted by Crippen LogP contribution is -2.49. The fourth-order valence-electron chi connectivity index (χ4n) is 3.11. The number of hydrogen-bond donors (Lipinski definition) is 2. The fourth-order valence-corrected chi connectivity index (χ4v) is 3.95. The van der Waals surface area contributed by atoms with Crippen LogP contribution in [0.4, 0.5) is 0 Å². The number of thiazole rings is 1. The summed E-state index contributed by atoms with van der Waals surface area (Å²) in [6.45, 7) is 9.05. The first-order chi connectivity index (χ1) is 11.0. The monoisotopic (exact) mass is 333 g/mol. The summed E-state index contributed by atoms with van der Waals surface area (Å²) in [4.78, 5) is 20.4. The Bertz CT molecular complexity index is 680. The Morgan fingerprint density at radius 2 is 2.30 bits per heavy atom. The second-order valence-electron chi connectivity index (χ2n) is 6.34. The van der Waals surface area contributed by atoms with E-state index in [1.54, 1.807) is 17.5 Å². The second kappa shape index (κ2) is 6.80. The molecule has 23 heavy (non-hydrogen) atoms. The summed E-state index contributed by atoms with van der Waals surface area (Å²) >= 11 is 1.76. The Morgan fingerprint density at radius 1 is 1.48 bits per heavy atom. The number of aromatic amines is 1. The molecule has 7 heteroatoms. The van der Waals surface area contributed by atoms with Crippen molar-refractivity contribution in [3.8, 4) is 0 Å². The molecule has 1 aliphatic heterocycles. The molecule has 0 spiro atoms. The van der Waals surface area contributed by atoms with Gasteiger partial charge >= 0.3 is 0 Å². The molecule has 3 rings (SSSR count). The van der Waals surface area contributed by atoms with Crippen molar-refractivity contribution in [1.82, 2.24) is 25.4 Å². The van der Waals surface area contributed by atoms with Crippen LogP contribution in [0.3, 0.4) is 0 Å². The van der Waals surface area contributed by atoms with E-state index in [1.165, 1.54) is 4.88 Å². The molecule has 0 unspecified atom stereocenters. The van der Waals surface area contributed by atoms with Crippen LogP contribution in [0.5, 0.6) is 0 Å². The van der Waals surface area contributed by atoms with E-state index in [9.17, 15) is 4.79 Å². The molecule has 2 N–H and O–H groups in total. The van der Waals surface area contributed by atoms with Crippen molar-refractivity contribution < 1.29 is 4.79 Å². The topological polar surface area (TPSA) is 73.9 Å². The van der Waals surface area contributed by atoms with Gasteiger partial charge in [0.1, 0.15) is 0 Å². The summed E-state index contributed by atoms with van der Waals surface area (Å²) in [6.07, 6.45) is 4.54. The van der Waals surface area contributed by atoms with Crippen molar-refractivity contribution in [1.29, 1.82) is 0 Å². The largest absolute Gasteiger partial charge is 0.349 e. The third kappa shape index (κ3) is 3.79. The maximum atomic E-state index is 12.3. The van der Waals surface area contributed by atoms with Gasteiger partial charge in [-0.05, 0) is 26.2 Å². The van der Waals surface area contributed by atoms with E-state index in [4.69, 9.17) is 0 Å². The number of piperidine rings is 1. The molecule has 1 aliphatic rings. The SMILES string of the molecule is Cc1ncc(CN2CC[C@H](NC(=O)c3cn[nH]c3C)[C@H](C)C2)s1. The van der Waals surface area contributed by atoms with E-state index in [2.05, 4.69) is 32.3 Å². The van der Waals surface area contributed by atoms with Crippen molar-refractivity contribution in [2.24, 2.45) is 5.92 Å². The fraction of sp³-hybridized carbons (Fsp3) is 0.562. The van der Waals surface area contributed by atoms with Gasteiger partial charge in [0.25, 0.3) is 5.91 Å². The van der Waals surface area contributed by atoms with Gasteiger partial charge in [0, 0.05) is 42.4 Å². The predicted molar refractivity (Wildman–Crippen MR) is 90.5 cm³/mol. The molecule has 1 fully saturated rings. The summed E-state index contributed by atoms with van der Waals surface area (Å²) in [5, 5.41) is 11.0. The Hall–Kier alpha value is -1.73. The molecule has 2 aromatic heterocycles. The number of carbonyl (C=O) groups excluding carboxylic acids is 1. The maximum absolute atomic E-state index is 12.3. The highest BCUT2D eigenvalue weighted by molar-refractivity contribution is 7.11. The zero-order valence-electron chi connectivity index (χ0n) is 13.8. The lowest BCUT2D eigenvalue weighted by atomic mass is 9.93. The summed E-state index contributed by atoms with van der Waals surface area (Å²) < 4.78 is 0. The second-order valence-corrected chi connectivity index (χ2v) is 7.65. The first-order valence-electron chi connectivity index (χ1n) is 7.97. The van der Waals surface area contributed by atoms with Gasteiger partial charge in [0.2, 0.25) is 0 Å². The van der Waals surface area contributed by atoms with Gasteiger partial charge in [-0.3, -0.25) is 14.8 Å².